The molecule has 0 radical (unpaired) electrons. The number of rotatable bonds is 8. The number of halogens is 1. The molecule has 2 aromatic rings. The fourth-order valence-corrected chi connectivity index (χ4v) is 4.84. The number of benzene rings is 1. The average molecular weight is 589 g/mol. The number of hydrogen-bond acceptors (Lipinski definition) is 8. The van der Waals surface area contributed by atoms with E-state index in [9.17, 15) is 23.6 Å². The van der Waals surface area contributed by atoms with E-state index in [4.69, 9.17) is 14.9 Å². The van der Waals surface area contributed by atoms with E-state index in [0.717, 1.165) is 0 Å². The predicted octanol–water partition coefficient (Wildman–Crippen LogP) is 1.36. The van der Waals surface area contributed by atoms with Gasteiger partial charge in [-0.25, -0.2) is 18.7 Å². The van der Waals surface area contributed by atoms with Crippen LogP contribution in [0, 0.1) is 24.6 Å². The lowest BCUT2D eigenvalue weighted by Crippen LogP contribution is -2.56. The van der Waals surface area contributed by atoms with Crippen LogP contribution in [0.15, 0.2) is 36.4 Å². The molecule has 2 saturated heterocycles. The summed E-state index contributed by atoms with van der Waals surface area (Å²) >= 11 is 0. The fraction of sp³-hybridized carbons (Fsp3) is 0.500. The van der Waals surface area contributed by atoms with E-state index in [2.05, 4.69) is 29.5 Å². The molecule has 13 nitrogen and oxygen atoms in total. The molecule has 2 aliphatic heterocycles. The third-order valence-electron chi connectivity index (χ3n) is 6.81. The van der Waals surface area contributed by atoms with Gasteiger partial charge < -0.3 is 30.1 Å². The van der Waals surface area contributed by atoms with Gasteiger partial charge in [-0.3, -0.25) is 9.59 Å². The monoisotopic (exact) mass is 588 g/mol. The molecule has 228 valence electrons. The van der Waals surface area contributed by atoms with Crippen molar-refractivity contribution < 1.29 is 38.5 Å². The van der Waals surface area contributed by atoms with E-state index in [1.54, 1.807) is 30.0 Å². The highest BCUT2D eigenvalue weighted by atomic mass is 19.1. The summed E-state index contributed by atoms with van der Waals surface area (Å²) in [5.41, 5.74) is 0.927. The van der Waals surface area contributed by atoms with Crippen LogP contribution in [0.2, 0.25) is 0 Å². The van der Waals surface area contributed by atoms with Gasteiger partial charge in [-0.15, -0.1) is 5.10 Å². The Morgan fingerprint density at radius 1 is 1.12 bits per heavy atom. The smallest absolute Gasteiger partial charge is 0.328 e. The van der Waals surface area contributed by atoms with Crippen LogP contribution in [0.5, 0.6) is 0 Å². The molecular weight excluding hydrogens is 551 g/mol. The van der Waals surface area contributed by atoms with Crippen molar-refractivity contribution in [3.05, 3.63) is 53.6 Å². The first-order valence-corrected chi connectivity index (χ1v) is 13.7. The largest absolute Gasteiger partial charge is 0.478 e. The number of hydrogen-bond donors (Lipinski definition) is 3. The van der Waals surface area contributed by atoms with E-state index in [-0.39, 0.29) is 41.1 Å². The molecule has 0 spiro atoms. The number of aliphatic carboxylic acids is 2. The van der Waals surface area contributed by atoms with Crippen LogP contribution in [0.25, 0.3) is 5.69 Å². The molecule has 14 heteroatoms. The number of carbonyl (C=O) groups excluding carboxylic acids is 2. The molecule has 1 aromatic heterocycles. The molecule has 2 atom stereocenters. The van der Waals surface area contributed by atoms with Crippen molar-refractivity contribution in [2.24, 2.45) is 11.8 Å². The molecule has 2 amide bonds. The minimum atomic E-state index is -1.26. The lowest BCUT2D eigenvalue weighted by molar-refractivity contribution is -0.140. The van der Waals surface area contributed by atoms with Crippen molar-refractivity contribution in [2.75, 3.05) is 45.9 Å². The zero-order chi connectivity index (χ0) is 30.8. The highest BCUT2D eigenvalue weighted by Crippen LogP contribution is 2.23. The van der Waals surface area contributed by atoms with Crippen LogP contribution in [0.4, 0.5) is 4.39 Å². The number of morpholine rings is 1. The van der Waals surface area contributed by atoms with Crippen molar-refractivity contribution in [2.45, 2.75) is 33.2 Å². The minimum Gasteiger partial charge on any atom is -0.478 e. The number of ether oxygens (including phenoxy) is 1. The highest BCUT2D eigenvalue weighted by molar-refractivity contribution is 5.93. The molecular formula is C28H37FN6O7. The standard InChI is InChI=1S/C24H33FN6O3.C4H4O4/c1-16(2)15-30(19-12-18(13-26-14-19)23(32)29-8-10-34-11-9-29)24(33)22-17(3)31(28-27-22)21-7-5-4-6-20(21)25;5-3(6)1-2-4(7)8/h4-7,16,18-19,26H,8-15H2,1-3H3;1-2H,(H,5,6)(H,7,8)/b;2-1+/t18-,19+;/m1./s1. The van der Waals surface area contributed by atoms with Gasteiger partial charge in [0.1, 0.15) is 11.5 Å². The second-order valence-corrected chi connectivity index (χ2v) is 10.4. The number of amides is 2. The average Bonchev–Trinajstić information content (AvgIpc) is 3.36. The quantitative estimate of drug-likeness (QED) is 0.383. The molecule has 42 heavy (non-hydrogen) atoms. The van der Waals surface area contributed by atoms with Crippen molar-refractivity contribution in [3.8, 4) is 5.69 Å². The number of para-hydroxylation sites is 1. The summed E-state index contributed by atoms with van der Waals surface area (Å²) in [5.74, 6) is -3.07. The van der Waals surface area contributed by atoms with Crippen LogP contribution in [0.1, 0.15) is 36.5 Å². The Bertz CT molecular complexity index is 1280. The Kier molecular flexibility index (Phi) is 11.7. The van der Waals surface area contributed by atoms with Gasteiger partial charge in [0.05, 0.1) is 24.8 Å². The highest BCUT2D eigenvalue weighted by Gasteiger charge is 2.36. The van der Waals surface area contributed by atoms with Gasteiger partial charge in [0, 0.05) is 50.9 Å². The first-order valence-electron chi connectivity index (χ1n) is 13.7. The number of nitrogens with zero attached hydrogens (tertiary/aromatic N) is 5. The first-order chi connectivity index (χ1) is 20.0. The number of nitrogens with one attached hydrogen (secondary N) is 1. The van der Waals surface area contributed by atoms with Gasteiger partial charge in [-0.05, 0) is 31.4 Å². The molecule has 0 bridgehead atoms. The summed E-state index contributed by atoms with van der Waals surface area (Å²) in [5, 5.41) is 27.2. The molecule has 2 fully saturated rings. The molecule has 0 saturated carbocycles. The third kappa shape index (κ3) is 8.66. The molecule has 0 unspecified atom stereocenters. The van der Waals surface area contributed by atoms with Gasteiger partial charge in [0.15, 0.2) is 5.69 Å². The van der Waals surface area contributed by atoms with Gasteiger partial charge in [0.25, 0.3) is 5.91 Å². The van der Waals surface area contributed by atoms with Crippen LogP contribution in [-0.2, 0) is 19.1 Å². The molecule has 0 aliphatic carbocycles. The maximum atomic E-state index is 14.3. The second-order valence-electron chi connectivity index (χ2n) is 10.4. The topological polar surface area (TPSA) is 167 Å². The Morgan fingerprint density at radius 3 is 2.36 bits per heavy atom. The lowest BCUT2D eigenvalue weighted by Gasteiger charge is -2.40. The summed E-state index contributed by atoms with van der Waals surface area (Å²) < 4.78 is 21.1. The zero-order valence-electron chi connectivity index (χ0n) is 23.9. The lowest BCUT2D eigenvalue weighted by atomic mass is 9.92. The van der Waals surface area contributed by atoms with Crippen LogP contribution < -0.4 is 5.32 Å². The van der Waals surface area contributed by atoms with Gasteiger partial charge in [-0.2, -0.15) is 0 Å². The maximum Gasteiger partial charge on any atom is 0.328 e. The van der Waals surface area contributed by atoms with E-state index >= 15 is 0 Å². The summed E-state index contributed by atoms with van der Waals surface area (Å²) in [6.07, 6.45) is 1.70. The van der Waals surface area contributed by atoms with Gasteiger partial charge in [-0.1, -0.05) is 31.2 Å². The Labute approximate surface area is 242 Å². The van der Waals surface area contributed by atoms with Gasteiger partial charge in [0.2, 0.25) is 5.91 Å². The van der Waals surface area contributed by atoms with Crippen molar-refractivity contribution in [1.29, 1.82) is 0 Å². The van der Waals surface area contributed by atoms with Crippen LogP contribution in [-0.4, -0.2) is 111 Å². The van der Waals surface area contributed by atoms with E-state index in [0.29, 0.717) is 70.2 Å². The molecule has 4 rings (SSSR count). The van der Waals surface area contributed by atoms with Crippen molar-refractivity contribution in [1.82, 2.24) is 30.1 Å². The molecule has 1 aromatic carbocycles. The van der Waals surface area contributed by atoms with E-state index < -0.39 is 17.8 Å². The third-order valence-corrected chi connectivity index (χ3v) is 6.81. The van der Waals surface area contributed by atoms with Crippen LogP contribution >= 0.6 is 0 Å². The number of carboxylic acids is 2. The number of carboxylic acid groups (broad SMARTS) is 2. The summed E-state index contributed by atoms with van der Waals surface area (Å²) in [4.78, 5) is 49.6. The fourth-order valence-electron chi connectivity index (χ4n) is 4.84. The molecule has 3 heterocycles. The summed E-state index contributed by atoms with van der Waals surface area (Å²) in [6.45, 7) is 9.87. The van der Waals surface area contributed by atoms with E-state index in [1.165, 1.54) is 10.7 Å². The normalized spacial score (nSPS) is 18.8. The van der Waals surface area contributed by atoms with Gasteiger partial charge >= 0.3 is 11.9 Å². The Morgan fingerprint density at radius 2 is 1.76 bits per heavy atom. The Hall–Kier alpha value is -4.17. The molecule has 3 N–H and O–H groups in total. The minimum absolute atomic E-state index is 0.110. The number of aromatic nitrogens is 3. The predicted molar refractivity (Wildman–Crippen MR) is 149 cm³/mol. The SMILES string of the molecule is Cc1c(C(=O)N(CC(C)C)[C@@H]2CNC[C@H](C(=O)N3CCOCC3)C2)nnn1-c1ccccc1F.O=C(O)/C=C/C(=O)O. The first kappa shape index (κ1) is 32.3. The number of piperidine rings is 1. The summed E-state index contributed by atoms with van der Waals surface area (Å²) in [6, 6.07) is 6.11. The maximum absolute atomic E-state index is 14.3. The molecule has 2 aliphatic rings. The zero-order valence-corrected chi connectivity index (χ0v) is 23.9. The number of carbonyl (C=O) groups is 4. The van der Waals surface area contributed by atoms with Crippen molar-refractivity contribution >= 4 is 23.8 Å². The van der Waals surface area contributed by atoms with E-state index in [1.807, 2.05) is 4.90 Å². The Balaban J connectivity index is 0.000000531. The summed E-state index contributed by atoms with van der Waals surface area (Å²) in [7, 11) is 0. The van der Waals surface area contributed by atoms with Crippen molar-refractivity contribution in [3.63, 3.8) is 0 Å². The second kappa shape index (κ2) is 15.2. The van der Waals surface area contributed by atoms with Crippen LogP contribution in [0.3, 0.4) is 0 Å².